The van der Waals surface area contributed by atoms with E-state index in [1.165, 1.54) is 6.19 Å². The third-order valence-corrected chi connectivity index (χ3v) is 5.55. The van der Waals surface area contributed by atoms with Gasteiger partial charge in [0.1, 0.15) is 17.4 Å². The molecular formula is C15H13FN6O5S2. The highest BCUT2D eigenvalue weighted by molar-refractivity contribution is 7.93. The summed E-state index contributed by atoms with van der Waals surface area (Å²) in [5.41, 5.74) is 5.89. The van der Waals surface area contributed by atoms with E-state index in [9.17, 15) is 22.4 Å². The molecule has 5 N–H and O–H groups in total. The topological polar surface area (TPSA) is 188 Å². The number of sulfonamides is 1. The minimum absolute atomic E-state index is 0.0695. The van der Waals surface area contributed by atoms with Crippen LogP contribution in [0.1, 0.15) is 16.1 Å². The molecule has 1 aromatic heterocycles. The van der Waals surface area contributed by atoms with Gasteiger partial charge in [-0.15, -0.1) is 11.3 Å². The molecule has 0 saturated carbocycles. The summed E-state index contributed by atoms with van der Waals surface area (Å²) in [4.78, 5) is 29.5. The van der Waals surface area contributed by atoms with Gasteiger partial charge in [-0.3, -0.25) is 14.8 Å². The number of benzene rings is 1. The molecule has 0 aliphatic carbocycles. The van der Waals surface area contributed by atoms with Crippen molar-refractivity contribution in [2.45, 2.75) is 11.3 Å². The van der Waals surface area contributed by atoms with Gasteiger partial charge in [-0.05, 0) is 17.7 Å². The quantitative estimate of drug-likeness (QED) is 0.193. The monoisotopic (exact) mass is 440 g/mol. The average Bonchev–Trinajstić information content (AvgIpc) is 3.09. The summed E-state index contributed by atoms with van der Waals surface area (Å²) >= 11 is 0.758. The number of nitrogens with two attached hydrogens (primary N) is 1. The van der Waals surface area contributed by atoms with E-state index in [2.05, 4.69) is 9.98 Å². The largest absolute Gasteiger partial charge is 0.476 e. The van der Waals surface area contributed by atoms with Crippen LogP contribution in [0, 0.1) is 17.3 Å². The number of ketones is 1. The van der Waals surface area contributed by atoms with E-state index in [0.29, 0.717) is 6.07 Å². The Kier molecular flexibility index (Phi) is 6.80. The number of anilines is 1. The molecule has 14 heteroatoms. The lowest BCUT2D eigenvalue weighted by molar-refractivity contribution is -0.117. The maximum Gasteiger partial charge on any atom is 0.357 e. The number of Topliss-reactive ketones (excluding diaryl/α,β-unsaturated/α-hetero) is 1. The number of thiazole rings is 1. The molecule has 0 bridgehead atoms. The van der Waals surface area contributed by atoms with Gasteiger partial charge >= 0.3 is 5.97 Å². The Bertz CT molecular complexity index is 1120. The number of rotatable bonds is 8. The first-order valence-corrected chi connectivity index (χ1v) is 9.95. The maximum atomic E-state index is 14.3. The second kappa shape index (κ2) is 9.08. The molecule has 1 aromatic carbocycles. The number of halogens is 1. The molecule has 1 heterocycles. The normalized spacial score (nSPS) is 11.5. The molecule has 0 saturated heterocycles. The van der Waals surface area contributed by atoms with E-state index >= 15 is 0 Å². The average molecular weight is 440 g/mol. The molecule has 11 nitrogen and oxygen atoms in total. The smallest absolute Gasteiger partial charge is 0.357 e. The molecule has 2 aromatic rings. The Labute approximate surface area is 167 Å². The fourth-order valence-corrected chi connectivity index (χ4v) is 4.03. The Morgan fingerprint density at radius 1 is 1.41 bits per heavy atom. The number of carboxylic acids is 1. The lowest BCUT2D eigenvalue weighted by Crippen LogP contribution is -2.28. The van der Waals surface area contributed by atoms with Crippen molar-refractivity contribution in [3.05, 3.63) is 40.8 Å². The van der Waals surface area contributed by atoms with Crippen LogP contribution >= 0.6 is 11.3 Å². The Hall–Kier alpha value is -3.57. The number of carbonyl (C=O) groups excluding carboxylic acids is 1. The summed E-state index contributed by atoms with van der Waals surface area (Å²) in [5, 5.41) is 19.1. The predicted octanol–water partition coefficient (Wildman–Crippen LogP) is 0.278. The third-order valence-electron chi connectivity index (χ3n) is 3.33. The highest BCUT2D eigenvalue weighted by Crippen LogP contribution is 2.25. The first-order chi connectivity index (χ1) is 13.6. The second-order valence-electron chi connectivity index (χ2n) is 5.35. The predicted molar refractivity (Wildman–Crippen MR) is 100 cm³/mol. The molecule has 152 valence electrons. The van der Waals surface area contributed by atoms with E-state index < -0.39 is 44.7 Å². The first-order valence-electron chi connectivity index (χ1n) is 7.58. The van der Waals surface area contributed by atoms with Crippen molar-refractivity contribution in [1.82, 2.24) is 10.3 Å². The van der Waals surface area contributed by atoms with Crippen LogP contribution in [0.2, 0.25) is 0 Å². The zero-order valence-electron chi connectivity index (χ0n) is 14.4. The molecule has 2 rings (SSSR count). The van der Waals surface area contributed by atoms with Crippen molar-refractivity contribution in [3.8, 4) is 6.19 Å². The summed E-state index contributed by atoms with van der Waals surface area (Å²) in [5.74, 6) is -3.15. The zero-order valence-corrected chi connectivity index (χ0v) is 16.1. The van der Waals surface area contributed by atoms with Crippen LogP contribution in [0.3, 0.4) is 0 Å². The van der Waals surface area contributed by atoms with Gasteiger partial charge in [0.15, 0.2) is 17.7 Å². The van der Waals surface area contributed by atoms with Crippen molar-refractivity contribution < 1.29 is 27.5 Å². The number of nitrogens with zero attached hydrogens (tertiary/aromatic N) is 3. The van der Waals surface area contributed by atoms with Gasteiger partial charge in [0, 0.05) is 6.42 Å². The van der Waals surface area contributed by atoms with E-state index in [-0.39, 0.29) is 22.9 Å². The number of aliphatic imine (C=N–C) groups is 1. The number of nitrogens with one attached hydrogen (secondary N) is 2. The number of aromatic carboxylic acids is 1. The van der Waals surface area contributed by atoms with E-state index in [1.54, 1.807) is 0 Å². The third kappa shape index (κ3) is 5.70. The molecule has 0 atom stereocenters. The molecule has 0 unspecified atom stereocenters. The van der Waals surface area contributed by atoms with Crippen LogP contribution in [-0.4, -0.2) is 42.8 Å². The van der Waals surface area contributed by atoms with E-state index in [4.69, 9.17) is 16.1 Å². The Morgan fingerprint density at radius 2 is 2.14 bits per heavy atom. The van der Waals surface area contributed by atoms with Crippen molar-refractivity contribution >= 4 is 44.1 Å². The summed E-state index contributed by atoms with van der Waals surface area (Å²) in [6, 6.07) is 2.90. The van der Waals surface area contributed by atoms with Crippen LogP contribution < -0.4 is 15.8 Å². The summed E-state index contributed by atoms with van der Waals surface area (Å²) in [6.45, 7) is -0.398. The van der Waals surface area contributed by atoms with Crippen LogP contribution in [0.25, 0.3) is 0 Å². The lowest BCUT2D eigenvalue weighted by atomic mass is 10.1. The van der Waals surface area contributed by atoms with Crippen molar-refractivity contribution in [2.24, 2.45) is 10.7 Å². The zero-order chi connectivity index (χ0) is 21.6. The summed E-state index contributed by atoms with van der Waals surface area (Å²) in [6.07, 6.45) is 1.15. The van der Waals surface area contributed by atoms with E-state index in [0.717, 1.165) is 29.0 Å². The number of carbonyl (C=O) groups is 2. The highest BCUT2D eigenvalue weighted by Gasteiger charge is 2.22. The van der Waals surface area contributed by atoms with Crippen LogP contribution in [0.4, 0.5) is 9.39 Å². The molecule has 0 aliphatic heterocycles. The summed E-state index contributed by atoms with van der Waals surface area (Å²) in [7, 11) is -4.28. The number of aromatic nitrogens is 1. The van der Waals surface area contributed by atoms with Gasteiger partial charge in [0.25, 0.3) is 10.0 Å². The minimum Gasteiger partial charge on any atom is -0.476 e. The molecule has 29 heavy (non-hydrogen) atoms. The SMILES string of the molecule is N#CNC(N)=NCC(=O)Cc1ccc(S(=O)(=O)Nc2scnc2C(=O)O)cc1F. The Balaban J connectivity index is 2.15. The number of guanidine groups is 1. The van der Waals surface area contributed by atoms with Gasteiger partial charge < -0.3 is 10.8 Å². The number of nitriles is 1. The fourth-order valence-electron chi connectivity index (χ4n) is 2.03. The molecule has 0 spiro atoms. The van der Waals surface area contributed by atoms with Crippen molar-refractivity contribution in [2.75, 3.05) is 11.3 Å². The molecule has 0 amide bonds. The van der Waals surface area contributed by atoms with Crippen LogP contribution in [0.15, 0.2) is 33.6 Å². The number of carboxylic acid groups (broad SMARTS) is 1. The molecular weight excluding hydrogens is 427 g/mol. The van der Waals surface area contributed by atoms with Crippen molar-refractivity contribution in [3.63, 3.8) is 0 Å². The van der Waals surface area contributed by atoms with Gasteiger partial charge in [-0.1, -0.05) is 6.07 Å². The van der Waals surface area contributed by atoms with Gasteiger partial charge in [-0.2, -0.15) is 5.26 Å². The summed E-state index contributed by atoms with van der Waals surface area (Å²) < 4.78 is 41.1. The second-order valence-corrected chi connectivity index (χ2v) is 7.88. The van der Waals surface area contributed by atoms with Crippen LogP contribution in [-0.2, 0) is 21.2 Å². The van der Waals surface area contributed by atoms with Crippen molar-refractivity contribution in [1.29, 1.82) is 5.26 Å². The standard InChI is InChI=1S/C15H13FN6O5S2/c16-11-4-10(29(26,27)22-13-12(14(24)25)21-7-28-13)2-1-8(11)3-9(23)5-19-15(18)20-6-17/h1-2,4,7,22H,3,5H2,(H,24,25)(H3,18,19,20). The molecule has 0 radical (unpaired) electrons. The minimum atomic E-state index is -4.28. The molecule has 0 fully saturated rings. The lowest BCUT2D eigenvalue weighted by Gasteiger charge is -2.08. The number of hydrogen-bond acceptors (Lipinski definition) is 8. The maximum absolute atomic E-state index is 14.3. The Morgan fingerprint density at radius 3 is 2.76 bits per heavy atom. The van der Waals surface area contributed by atoms with Gasteiger partial charge in [0.05, 0.1) is 10.4 Å². The fraction of sp³-hybridized carbons (Fsp3) is 0.133. The van der Waals surface area contributed by atoms with Gasteiger partial charge in [-0.25, -0.2) is 27.6 Å². The van der Waals surface area contributed by atoms with Gasteiger partial charge in [0.2, 0.25) is 5.96 Å². The highest BCUT2D eigenvalue weighted by atomic mass is 32.2. The van der Waals surface area contributed by atoms with E-state index in [1.807, 2.05) is 10.0 Å². The molecule has 0 aliphatic rings. The van der Waals surface area contributed by atoms with Crippen LogP contribution in [0.5, 0.6) is 0 Å². The number of hydrogen-bond donors (Lipinski definition) is 4. The first kappa shape index (κ1) is 21.7.